The second-order valence-electron chi connectivity index (χ2n) is 6.89. The summed E-state index contributed by atoms with van der Waals surface area (Å²) >= 11 is 1.60. The standard InChI is InChI=1S/C24H22N2O2S/c1-2-17-11-13-21(14-12-17)26-22(27)16-29-24(26)19-9-6-10-20(15-19)25-23(28)18-7-4-3-5-8-18/h3-15,24H,2,16H2,1H3,(H,25,28)/t24-/m0/s1. The van der Waals surface area contributed by atoms with Crippen LogP contribution in [0.25, 0.3) is 0 Å². The van der Waals surface area contributed by atoms with Crippen molar-refractivity contribution in [2.24, 2.45) is 0 Å². The number of benzene rings is 3. The Morgan fingerprint density at radius 3 is 2.52 bits per heavy atom. The number of amides is 2. The molecule has 146 valence electrons. The molecule has 1 saturated heterocycles. The van der Waals surface area contributed by atoms with Gasteiger partial charge >= 0.3 is 0 Å². The van der Waals surface area contributed by atoms with E-state index in [2.05, 4.69) is 24.4 Å². The number of carbonyl (C=O) groups is 2. The van der Waals surface area contributed by atoms with Crippen molar-refractivity contribution in [2.75, 3.05) is 16.0 Å². The third-order valence-electron chi connectivity index (χ3n) is 4.96. The third-order valence-corrected chi connectivity index (χ3v) is 6.17. The minimum absolute atomic E-state index is 0.1000. The number of nitrogens with zero attached hydrogens (tertiary/aromatic N) is 1. The zero-order valence-corrected chi connectivity index (χ0v) is 17.0. The van der Waals surface area contributed by atoms with E-state index in [0.717, 1.165) is 23.4 Å². The van der Waals surface area contributed by atoms with Crippen molar-refractivity contribution in [1.29, 1.82) is 0 Å². The summed E-state index contributed by atoms with van der Waals surface area (Å²) in [4.78, 5) is 26.9. The topological polar surface area (TPSA) is 49.4 Å². The molecular formula is C24H22N2O2S. The molecule has 0 aromatic heterocycles. The first-order valence-electron chi connectivity index (χ1n) is 9.64. The Morgan fingerprint density at radius 2 is 1.79 bits per heavy atom. The zero-order chi connectivity index (χ0) is 20.2. The second kappa shape index (κ2) is 8.53. The quantitative estimate of drug-likeness (QED) is 0.632. The molecule has 4 rings (SSSR count). The lowest BCUT2D eigenvalue weighted by Gasteiger charge is -2.25. The number of thioether (sulfide) groups is 1. The van der Waals surface area contributed by atoms with E-state index < -0.39 is 0 Å². The Kier molecular flexibility index (Phi) is 5.67. The number of carbonyl (C=O) groups excluding carboxylic acids is 2. The maximum absolute atomic E-state index is 12.6. The van der Waals surface area contributed by atoms with Gasteiger partial charge in [0.15, 0.2) is 0 Å². The van der Waals surface area contributed by atoms with E-state index in [0.29, 0.717) is 11.3 Å². The lowest BCUT2D eigenvalue weighted by Crippen LogP contribution is -2.27. The molecule has 0 bridgehead atoms. The molecule has 0 saturated carbocycles. The minimum Gasteiger partial charge on any atom is -0.322 e. The molecule has 0 aliphatic carbocycles. The summed E-state index contributed by atoms with van der Waals surface area (Å²) in [5.74, 6) is 0.397. The van der Waals surface area contributed by atoms with Gasteiger partial charge in [-0.05, 0) is 53.9 Å². The highest BCUT2D eigenvalue weighted by atomic mass is 32.2. The first-order chi connectivity index (χ1) is 14.2. The van der Waals surface area contributed by atoms with Crippen molar-refractivity contribution in [3.05, 3.63) is 95.6 Å². The fourth-order valence-electron chi connectivity index (χ4n) is 3.40. The highest BCUT2D eigenvalue weighted by Gasteiger charge is 2.34. The van der Waals surface area contributed by atoms with Crippen LogP contribution in [0.4, 0.5) is 11.4 Å². The average molecular weight is 403 g/mol. The van der Waals surface area contributed by atoms with E-state index in [9.17, 15) is 9.59 Å². The van der Waals surface area contributed by atoms with E-state index in [-0.39, 0.29) is 17.2 Å². The Hall–Kier alpha value is -3.05. The molecule has 5 heteroatoms. The van der Waals surface area contributed by atoms with Crippen molar-refractivity contribution in [3.63, 3.8) is 0 Å². The fourth-order valence-corrected chi connectivity index (χ4v) is 4.57. The van der Waals surface area contributed by atoms with Gasteiger partial charge in [-0.25, -0.2) is 0 Å². The van der Waals surface area contributed by atoms with E-state index >= 15 is 0 Å². The molecule has 1 heterocycles. The van der Waals surface area contributed by atoms with Gasteiger partial charge in [0.1, 0.15) is 5.37 Å². The van der Waals surface area contributed by atoms with Gasteiger partial charge < -0.3 is 5.32 Å². The van der Waals surface area contributed by atoms with Gasteiger partial charge in [0.05, 0.1) is 5.75 Å². The highest BCUT2D eigenvalue weighted by Crippen LogP contribution is 2.42. The summed E-state index contributed by atoms with van der Waals surface area (Å²) in [5, 5.41) is 2.84. The Bertz CT molecular complexity index is 1020. The van der Waals surface area contributed by atoms with Crippen molar-refractivity contribution >= 4 is 35.0 Å². The van der Waals surface area contributed by atoms with Crippen molar-refractivity contribution in [3.8, 4) is 0 Å². The second-order valence-corrected chi connectivity index (χ2v) is 7.96. The molecule has 3 aromatic carbocycles. The predicted octanol–water partition coefficient (Wildman–Crippen LogP) is 5.28. The summed E-state index contributed by atoms with van der Waals surface area (Å²) < 4.78 is 0. The fraction of sp³-hybridized carbons (Fsp3) is 0.167. The Morgan fingerprint density at radius 1 is 1.03 bits per heavy atom. The van der Waals surface area contributed by atoms with Gasteiger partial charge in [-0.1, -0.05) is 49.4 Å². The highest BCUT2D eigenvalue weighted by molar-refractivity contribution is 8.00. The van der Waals surface area contributed by atoms with Gasteiger partial charge in [-0.2, -0.15) is 0 Å². The van der Waals surface area contributed by atoms with Crippen molar-refractivity contribution in [2.45, 2.75) is 18.7 Å². The zero-order valence-electron chi connectivity index (χ0n) is 16.2. The van der Waals surface area contributed by atoms with Crippen LogP contribution in [0.1, 0.15) is 33.8 Å². The lowest BCUT2D eigenvalue weighted by atomic mass is 10.1. The SMILES string of the molecule is CCc1ccc(N2C(=O)CS[C@H]2c2cccc(NC(=O)c3ccccc3)c2)cc1. The molecule has 29 heavy (non-hydrogen) atoms. The van der Waals surface area contributed by atoms with Crippen LogP contribution in [0.15, 0.2) is 78.9 Å². The molecule has 0 spiro atoms. The smallest absolute Gasteiger partial charge is 0.255 e. The molecular weight excluding hydrogens is 380 g/mol. The molecule has 3 aromatic rings. The lowest BCUT2D eigenvalue weighted by molar-refractivity contribution is -0.115. The molecule has 1 fully saturated rings. The Labute approximate surface area is 174 Å². The van der Waals surface area contributed by atoms with Crippen LogP contribution < -0.4 is 10.2 Å². The monoisotopic (exact) mass is 402 g/mol. The number of hydrogen-bond donors (Lipinski definition) is 1. The first kappa shape index (κ1) is 19.3. The number of nitrogens with one attached hydrogen (secondary N) is 1. The molecule has 0 unspecified atom stereocenters. The van der Waals surface area contributed by atoms with E-state index in [4.69, 9.17) is 0 Å². The molecule has 0 radical (unpaired) electrons. The van der Waals surface area contributed by atoms with E-state index in [1.54, 1.807) is 23.9 Å². The summed E-state index contributed by atoms with van der Waals surface area (Å²) in [6, 6.07) is 25.0. The van der Waals surface area contributed by atoms with Gasteiger partial charge in [0.25, 0.3) is 5.91 Å². The third kappa shape index (κ3) is 4.20. The van der Waals surface area contributed by atoms with Gasteiger partial charge in [-0.3, -0.25) is 14.5 Å². The van der Waals surface area contributed by atoms with Crippen LogP contribution >= 0.6 is 11.8 Å². The molecule has 1 aliphatic heterocycles. The van der Waals surface area contributed by atoms with Crippen molar-refractivity contribution in [1.82, 2.24) is 0 Å². The van der Waals surface area contributed by atoms with E-state index in [1.807, 2.05) is 59.5 Å². The maximum atomic E-state index is 12.6. The van der Waals surface area contributed by atoms with Gasteiger partial charge in [0.2, 0.25) is 5.91 Å². The molecule has 1 aliphatic rings. The van der Waals surface area contributed by atoms with Crippen LogP contribution in [0.3, 0.4) is 0 Å². The van der Waals surface area contributed by atoms with Crippen LogP contribution in [0.2, 0.25) is 0 Å². The Balaban J connectivity index is 1.57. The normalized spacial score (nSPS) is 16.1. The van der Waals surface area contributed by atoms with Crippen LogP contribution in [-0.4, -0.2) is 17.6 Å². The van der Waals surface area contributed by atoms with Crippen LogP contribution in [0.5, 0.6) is 0 Å². The summed E-state index contributed by atoms with van der Waals surface area (Å²) in [5.41, 5.74) is 4.47. The molecule has 4 nitrogen and oxygen atoms in total. The molecule has 1 N–H and O–H groups in total. The summed E-state index contributed by atoms with van der Waals surface area (Å²) in [6.07, 6.45) is 0.968. The predicted molar refractivity (Wildman–Crippen MR) is 119 cm³/mol. The number of rotatable bonds is 5. The largest absolute Gasteiger partial charge is 0.322 e. The summed E-state index contributed by atoms with van der Waals surface area (Å²) in [6.45, 7) is 2.11. The van der Waals surface area contributed by atoms with Crippen LogP contribution in [0, 0.1) is 0 Å². The number of hydrogen-bond acceptors (Lipinski definition) is 3. The van der Waals surface area contributed by atoms with Gasteiger partial charge in [0, 0.05) is 16.9 Å². The molecule has 2 amide bonds. The number of anilines is 2. The van der Waals surface area contributed by atoms with Gasteiger partial charge in [-0.15, -0.1) is 11.8 Å². The van der Waals surface area contributed by atoms with Crippen molar-refractivity contribution < 1.29 is 9.59 Å². The summed E-state index contributed by atoms with van der Waals surface area (Å²) in [7, 11) is 0. The minimum atomic E-state index is -0.148. The number of aryl methyl sites for hydroxylation is 1. The molecule has 1 atom stereocenters. The van der Waals surface area contributed by atoms with Crippen LogP contribution in [-0.2, 0) is 11.2 Å². The maximum Gasteiger partial charge on any atom is 0.255 e. The first-order valence-corrected chi connectivity index (χ1v) is 10.7. The van der Waals surface area contributed by atoms with E-state index in [1.165, 1.54) is 5.56 Å². The average Bonchev–Trinajstić information content (AvgIpc) is 3.16.